The number of methoxy groups -OCH3 is 1. The van der Waals surface area contributed by atoms with E-state index >= 15 is 0 Å². The fourth-order valence-corrected chi connectivity index (χ4v) is 2.02. The Bertz CT molecular complexity index is 451. The van der Waals surface area contributed by atoms with Crippen LogP contribution in [0.3, 0.4) is 0 Å². The summed E-state index contributed by atoms with van der Waals surface area (Å²) >= 11 is 0. The molecule has 0 saturated carbocycles. The van der Waals surface area contributed by atoms with Gasteiger partial charge in [-0.2, -0.15) is 0 Å². The van der Waals surface area contributed by atoms with Gasteiger partial charge in [-0.3, -0.25) is 9.69 Å². The maximum absolute atomic E-state index is 11.4. The Morgan fingerprint density at radius 1 is 1.58 bits per heavy atom. The van der Waals surface area contributed by atoms with Crippen molar-refractivity contribution in [1.82, 2.24) is 14.9 Å². The summed E-state index contributed by atoms with van der Waals surface area (Å²) in [4.78, 5) is 21.6. The lowest BCUT2D eigenvalue weighted by Crippen LogP contribution is -2.56. The molecule has 1 aliphatic heterocycles. The zero-order chi connectivity index (χ0) is 13.9. The second-order valence-electron chi connectivity index (χ2n) is 4.73. The highest BCUT2D eigenvalue weighted by molar-refractivity contribution is 5.83. The van der Waals surface area contributed by atoms with Crippen LogP contribution >= 0.6 is 0 Å². The van der Waals surface area contributed by atoms with Gasteiger partial charge in [0.05, 0.1) is 13.7 Å². The van der Waals surface area contributed by atoms with Crippen molar-refractivity contribution >= 4 is 5.91 Å². The fourth-order valence-electron chi connectivity index (χ4n) is 2.02. The Hall–Kier alpha value is -1.73. The molecular formula is C12H18N4O3. The zero-order valence-electron chi connectivity index (χ0n) is 11.1. The first-order chi connectivity index (χ1) is 9.03. The number of ether oxygens (including phenoxy) is 2. The van der Waals surface area contributed by atoms with Crippen LogP contribution in [0.4, 0.5) is 0 Å². The highest BCUT2D eigenvalue weighted by Crippen LogP contribution is 2.18. The van der Waals surface area contributed by atoms with E-state index in [1.54, 1.807) is 19.3 Å². The molecule has 2 heterocycles. The normalized spacial score (nSPS) is 24.1. The molecule has 1 atom stereocenters. The maximum atomic E-state index is 11.4. The molecule has 0 aliphatic carbocycles. The predicted octanol–water partition coefficient (Wildman–Crippen LogP) is -0.439. The van der Waals surface area contributed by atoms with E-state index in [0.29, 0.717) is 25.7 Å². The summed E-state index contributed by atoms with van der Waals surface area (Å²) in [6.45, 7) is 4.06. The molecule has 0 unspecified atom stereocenters. The van der Waals surface area contributed by atoms with Gasteiger partial charge in [0.15, 0.2) is 5.60 Å². The molecule has 0 radical (unpaired) electrons. The number of hydrogen-bond acceptors (Lipinski definition) is 6. The molecule has 0 aromatic carbocycles. The molecule has 104 valence electrons. The molecule has 1 aromatic heterocycles. The van der Waals surface area contributed by atoms with E-state index in [4.69, 9.17) is 15.2 Å². The van der Waals surface area contributed by atoms with Gasteiger partial charge in [0, 0.05) is 37.6 Å². The SMILES string of the molecule is COc1ncc(CN2CCO[C@@](C)(C(N)=O)C2)cn1. The van der Waals surface area contributed by atoms with E-state index in [9.17, 15) is 4.79 Å². The minimum Gasteiger partial charge on any atom is -0.467 e. The predicted molar refractivity (Wildman–Crippen MR) is 67.4 cm³/mol. The van der Waals surface area contributed by atoms with Crippen molar-refractivity contribution in [1.29, 1.82) is 0 Å². The Balaban J connectivity index is 2.00. The highest BCUT2D eigenvalue weighted by Gasteiger charge is 2.37. The van der Waals surface area contributed by atoms with Crippen molar-refractivity contribution in [3.8, 4) is 6.01 Å². The summed E-state index contributed by atoms with van der Waals surface area (Å²) in [5.74, 6) is -0.441. The third-order valence-corrected chi connectivity index (χ3v) is 3.15. The quantitative estimate of drug-likeness (QED) is 0.794. The lowest BCUT2D eigenvalue weighted by atomic mass is 10.0. The van der Waals surface area contributed by atoms with E-state index in [1.807, 2.05) is 0 Å². The molecule has 7 heteroatoms. The average molecular weight is 266 g/mol. The molecule has 0 bridgehead atoms. The fraction of sp³-hybridized carbons (Fsp3) is 0.583. The molecular weight excluding hydrogens is 248 g/mol. The third-order valence-electron chi connectivity index (χ3n) is 3.15. The molecule has 1 amide bonds. The van der Waals surface area contributed by atoms with Crippen LogP contribution in [0.5, 0.6) is 6.01 Å². The first-order valence-corrected chi connectivity index (χ1v) is 6.04. The Morgan fingerprint density at radius 3 is 2.84 bits per heavy atom. The number of hydrogen-bond donors (Lipinski definition) is 1. The van der Waals surface area contributed by atoms with Gasteiger partial charge >= 0.3 is 6.01 Å². The Labute approximate surface area is 111 Å². The number of primary amides is 1. The van der Waals surface area contributed by atoms with Crippen molar-refractivity contribution < 1.29 is 14.3 Å². The minimum absolute atomic E-state index is 0.340. The van der Waals surface area contributed by atoms with Gasteiger partial charge in [0.25, 0.3) is 5.91 Å². The maximum Gasteiger partial charge on any atom is 0.316 e. The van der Waals surface area contributed by atoms with Crippen LogP contribution in [0, 0.1) is 0 Å². The van der Waals surface area contributed by atoms with Crippen LogP contribution < -0.4 is 10.5 Å². The van der Waals surface area contributed by atoms with Gasteiger partial charge in [-0.25, -0.2) is 9.97 Å². The highest BCUT2D eigenvalue weighted by atomic mass is 16.5. The van der Waals surface area contributed by atoms with Gasteiger partial charge in [-0.05, 0) is 6.92 Å². The first-order valence-electron chi connectivity index (χ1n) is 6.04. The van der Waals surface area contributed by atoms with Gasteiger partial charge in [-0.1, -0.05) is 0 Å². The Kier molecular flexibility index (Phi) is 3.96. The van der Waals surface area contributed by atoms with Gasteiger partial charge in [0.2, 0.25) is 0 Å². The van der Waals surface area contributed by atoms with Crippen molar-refractivity contribution in [2.24, 2.45) is 5.73 Å². The molecule has 7 nitrogen and oxygen atoms in total. The summed E-state index contributed by atoms with van der Waals surface area (Å²) < 4.78 is 10.4. The van der Waals surface area contributed by atoms with Crippen LogP contribution in [-0.4, -0.2) is 53.2 Å². The molecule has 1 fully saturated rings. The third kappa shape index (κ3) is 3.18. The summed E-state index contributed by atoms with van der Waals surface area (Å²) in [7, 11) is 1.52. The van der Waals surface area contributed by atoms with Crippen molar-refractivity contribution in [3.63, 3.8) is 0 Å². The second-order valence-corrected chi connectivity index (χ2v) is 4.73. The van der Waals surface area contributed by atoms with Gasteiger partial charge < -0.3 is 15.2 Å². The number of nitrogens with two attached hydrogens (primary N) is 1. The monoisotopic (exact) mass is 266 g/mol. The molecule has 1 saturated heterocycles. The summed E-state index contributed by atoms with van der Waals surface area (Å²) in [5, 5.41) is 0. The van der Waals surface area contributed by atoms with Gasteiger partial charge in [-0.15, -0.1) is 0 Å². The van der Waals surface area contributed by atoms with E-state index in [-0.39, 0.29) is 0 Å². The summed E-state index contributed by atoms with van der Waals surface area (Å²) in [6.07, 6.45) is 3.42. The molecule has 2 N–H and O–H groups in total. The van der Waals surface area contributed by atoms with Crippen LogP contribution in [0.1, 0.15) is 12.5 Å². The van der Waals surface area contributed by atoms with E-state index in [1.165, 1.54) is 7.11 Å². The molecule has 0 spiro atoms. The van der Waals surface area contributed by atoms with Crippen molar-refractivity contribution in [2.75, 3.05) is 26.8 Å². The van der Waals surface area contributed by atoms with Crippen LogP contribution in [-0.2, 0) is 16.1 Å². The molecule has 1 aromatic rings. The minimum atomic E-state index is -0.925. The lowest BCUT2D eigenvalue weighted by Gasteiger charge is -2.38. The van der Waals surface area contributed by atoms with E-state index in [0.717, 1.165) is 12.1 Å². The van der Waals surface area contributed by atoms with Crippen LogP contribution in [0.25, 0.3) is 0 Å². The number of morpholine rings is 1. The lowest BCUT2D eigenvalue weighted by molar-refractivity contribution is -0.153. The van der Waals surface area contributed by atoms with Gasteiger partial charge in [0.1, 0.15) is 0 Å². The molecule has 19 heavy (non-hydrogen) atoms. The number of carbonyl (C=O) groups is 1. The average Bonchev–Trinajstić information content (AvgIpc) is 2.39. The van der Waals surface area contributed by atoms with E-state index < -0.39 is 11.5 Å². The molecule has 1 aliphatic rings. The smallest absolute Gasteiger partial charge is 0.316 e. The number of aromatic nitrogens is 2. The first kappa shape index (κ1) is 13.7. The zero-order valence-corrected chi connectivity index (χ0v) is 11.1. The number of carbonyl (C=O) groups excluding carboxylic acids is 1. The van der Waals surface area contributed by atoms with Crippen molar-refractivity contribution in [3.05, 3.63) is 18.0 Å². The van der Waals surface area contributed by atoms with Crippen LogP contribution in [0.2, 0.25) is 0 Å². The summed E-state index contributed by atoms with van der Waals surface area (Å²) in [6, 6.07) is 0.340. The summed E-state index contributed by atoms with van der Waals surface area (Å²) in [5.41, 5.74) is 5.39. The largest absolute Gasteiger partial charge is 0.467 e. The number of nitrogens with zero attached hydrogens (tertiary/aromatic N) is 3. The standard InChI is InChI=1S/C12H18N4O3/c1-12(10(13)17)8-16(3-4-19-12)7-9-5-14-11(18-2)15-6-9/h5-6H,3-4,7-8H2,1-2H3,(H2,13,17)/t12-/m1/s1. The van der Waals surface area contributed by atoms with Crippen LogP contribution in [0.15, 0.2) is 12.4 Å². The molecule has 2 rings (SSSR count). The number of rotatable bonds is 4. The van der Waals surface area contributed by atoms with Crippen molar-refractivity contribution in [2.45, 2.75) is 19.1 Å². The Morgan fingerprint density at radius 2 is 2.26 bits per heavy atom. The topological polar surface area (TPSA) is 90.6 Å². The second kappa shape index (κ2) is 5.50. The van der Waals surface area contributed by atoms with E-state index in [2.05, 4.69) is 14.9 Å². The number of amides is 1.